The molecule has 6 heteroatoms. The van der Waals surface area contributed by atoms with Gasteiger partial charge in [-0.05, 0) is 49.7 Å². The van der Waals surface area contributed by atoms with Gasteiger partial charge in [0.2, 0.25) is 5.88 Å². The topological polar surface area (TPSA) is 80.7 Å². The molecule has 2 rings (SSSR count). The Morgan fingerprint density at radius 2 is 2.05 bits per heavy atom. The maximum absolute atomic E-state index is 8.81. The molecule has 104 valence electrons. The first-order chi connectivity index (χ1) is 9.51. The number of rotatable bonds is 3. The van der Waals surface area contributed by atoms with E-state index < -0.39 is 0 Å². The van der Waals surface area contributed by atoms with Crippen LogP contribution < -0.4 is 10.5 Å². The second kappa shape index (κ2) is 5.92. The van der Waals surface area contributed by atoms with E-state index in [1.54, 1.807) is 12.1 Å². The minimum Gasteiger partial charge on any atom is -0.438 e. The number of oxime groups is 1. The fraction of sp³-hybridized carbons (Fsp3) is 0.143. The first-order valence-electron chi connectivity index (χ1n) is 5.91. The summed E-state index contributed by atoms with van der Waals surface area (Å²) in [6, 6.07) is 9.13. The number of hydrogen-bond acceptors (Lipinski definition) is 4. The highest BCUT2D eigenvalue weighted by Gasteiger charge is 2.12. The smallest absolute Gasteiger partial charge is 0.230 e. The summed E-state index contributed by atoms with van der Waals surface area (Å²) >= 11 is 3.40. The lowest BCUT2D eigenvalue weighted by Gasteiger charge is -2.12. The van der Waals surface area contributed by atoms with Gasteiger partial charge >= 0.3 is 0 Å². The molecule has 3 N–H and O–H groups in total. The van der Waals surface area contributed by atoms with Crippen molar-refractivity contribution in [2.75, 3.05) is 0 Å². The monoisotopic (exact) mass is 335 g/mol. The van der Waals surface area contributed by atoms with Gasteiger partial charge in [-0.1, -0.05) is 21.1 Å². The van der Waals surface area contributed by atoms with E-state index in [4.69, 9.17) is 15.7 Å². The van der Waals surface area contributed by atoms with Gasteiger partial charge in [-0.2, -0.15) is 0 Å². The summed E-state index contributed by atoms with van der Waals surface area (Å²) in [5.41, 5.74) is 7.81. The van der Waals surface area contributed by atoms with Crippen LogP contribution >= 0.6 is 15.9 Å². The lowest BCUT2D eigenvalue weighted by molar-refractivity contribution is 0.318. The zero-order valence-corrected chi connectivity index (χ0v) is 12.7. The number of ether oxygens (including phenoxy) is 1. The second-order valence-electron chi connectivity index (χ2n) is 4.30. The molecule has 0 amide bonds. The third kappa shape index (κ3) is 3.08. The Morgan fingerprint density at radius 1 is 1.30 bits per heavy atom. The van der Waals surface area contributed by atoms with Crippen molar-refractivity contribution in [1.29, 1.82) is 0 Å². The van der Waals surface area contributed by atoms with Gasteiger partial charge in [-0.15, -0.1) is 0 Å². The summed E-state index contributed by atoms with van der Waals surface area (Å²) in [6.45, 7) is 3.77. The molecule has 1 aromatic carbocycles. The summed E-state index contributed by atoms with van der Waals surface area (Å²) in [5, 5.41) is 11.8. The molecule has 0 aliphatic carbocycles. The van der Waals surface area contributed by atoms with Crippen LogP contribution in [0.5, 0.6) is 11.6 Å². The molecule has 0 aliphatic rings. The Labute approximate surface area is 125 Å². The average molecular weight is 336 g/mol. The third-order valence-electron chi connectivity index (χ3n) is 2.73. The molecule has 0 saturated carbocycles. The molecule has 0 atom stereocenters. The number of amidine groups is 1. The standard InChI is InChI=1S/C14H14BrN3O2/c1-8-7-10(15)4-6-12(8)20-14-11(13(16)18-19)5-3-9(2)17-14/h3-7,19H,1-2H3,(H2,16,18). The molecule has 0 saturated heterocycles. The molecule has 1 aromatic heterocycles. The highest BCUT2D eigenvalue weighted by molar-refractivity contribution is 9.10. The Balaban J connectivity index is 2.44. The van der Waals surface area contributed by atoms with Gasteiger partial charge in [0.15, 0.2) is 5.84 Å². The van der Waals surface area contributed by atoms with Gasteiger partial charge in [0.05, 0.1) is 5.56 Å². The summed E-state index contributed by atoms with van der Waals surface area (Å²) in [4.78, 5) is 4.30. The summed E-state index contributed by atoms with van der Waals surface area (Å²) in [5.74, 6) is 0.936. The predicted molar refractivity (Wildman–Crippen MR) is 80.4 cm³/mol. The van der Waals surface area contributed by atoms with Crippen molar-refractivity contribution >= 4 is 21.8 Å². The number of aryl methyl sites for hydroxylation is 2. The summed E-state index contributed by atoms with van der Waals surface area (Å²) < 4.78 is 6.76. The predicted octanol–water partition coefficient (Wildman–Crippen LogP) is 3.35. The van der Waals surface area contributed by atoms with Gasteiger partial charge in [-0.25, -0.2) is 4.98 Å². The first-order valence-corrected chi connectivity index (χ1v) is 6.70. The van der Waals surface area contributed by atoms with Crippen LogP contribution in [0.4, 0.5) is 0 Å². The van der Waals surface area contributed by atoms with E-state index in [1.807, 2.05) is 32.0 Å². The van der Waals surface area contributed by atoms with Crippen molar-refractivity contribution in [2.24, 2.45) is 10.9 Å². The zero-order valence-electron chi connectivity index (χ0n) is 11.1. The first kappa shape index (κ1) is 14.3. The van der Waals surface area contributed by atoms with E-state index in [0.717, 1.165) is 15.7 Å². The number of pyridine rings is 1. The van der Waals surface area contributed by atoms with Crippen LogP contribution in [0.15, 0.2) is 40.0 Å². The van der Waals surface area contributed by atoms with Gasteiger partial charge in [-0.3, -0.25) is 0 Å². The highest BCUT2D eigenvalue weighted by Crippen LogP contribution is 2.28. The Bertz CT molecular complexity index is 671. The second-order valence-corrected chi connectivity index (χ2v) is 5.22. The minimum atomic E-state index is -0.0396. The molecule has 20 heavy (non-hydrogen) atoms. The van der Waals surface area contributed by atoms with Gasteiger partial charge in [0, 0.05) is 10.2 Å². The summed E-state index contributed by atoms with van der Waals surface area (Å²) in [6.07, 6.45) is 0. The van der Waals surface area contributed by atoms with Gasteiger partial charge < -0.3 is 15.7 Å². The van der Waals surface area contributed by atoms with Gasteiger partial charge in [0.1, 0.15) is 5.75 Å². The van der Waals surface area contributed by atoms with Crippen molar-refractivity contribution in [3.05, 3.63) is 51.6 Å². The molecule has 2 aromatic rings. The summed E-state index contributed by atoms with van der Waals surface area (Å²) in [7, 11) is 0. The number of benzene rings is 1. The lowest BCUT2D eigenvalue weighted by atomic mass is 10.2. The molecule has 0 spiro atoms. The van der Waals surface area contributed by atoms with Crippen LogP contribution in [0.25, 0.3) is 0 Å². The fourth-order valence-corrected chi connectivity index (χ4v) is 2.17. The fourth-order valence-electron chi connectivity index (χ4n) is 1.69. The molecular weight excluding hydrogens is 322 g/mol. The molecule has 1 heterocycles. The van der Waals surface area contributed by atoms with Crippen LogP contribution in [0.2, 0.25) is 0 Å². The highest BCUT2D eigenvalue weighted by atomic mass is 79.9. The Kier molecular flexibility index (Phi) is 4.24. The largest absolute Gasteiger partial charge is 0.438 e. The maximum Gasteiger partial charge on any atom is 0.230 e. The van der Waals surface area contributed by atoms with Crippen molar-refractivity contribution in [3.8, 4) is 11.6 Å². The number of aromatic nitrogens is 1. The molecular formula is C14H14BrN3O2. The van der Waals surface area contributed by atoms with Crippen molar-refractivity contribution < 1.29 is 9.94 Å². The van der Waals surface area contributed by atoms with E-state index >= 15 is 0 Å². The SMILES string of the molecule is Cc1ccc(C(N)=NO)c(Oc2ccc(Br)cc2C)n1. The quantitative estimate of drug-likeness (QED) is 0.390. The van der Waals surface area contributed by atoms with E-state index in [0.29, 0.717) is 17.2 Å². The number of hydrogen-bond donors (Lipinski definition) is 2. The van der Waals surface area contributed by atoms with Crippen LogP contribution in [-0.4, -0.2) is 16.0 Å². The van der Waals surface area contributed by atoms with E-state index in [2.05, 4.69) is 26.1 Å². The van der Waals surface area contributed by atoms with E-state index in [-0.39, 0.29) is 5.84 Å². The van der Waals surface area contributed by atoms with Crippen LogP contribution in [0.1, 0.15) is 16.8 Å². The van der Waals surface area contributed by atoms with Crippen molar-refractivity contribution in [3.63, 3.8) is 0 Å². The molecule has 5 nitrogen and oxygen atoms in total. The van der Waals surface area contributed by atoms with Crippen LogP contribution in [-0.2, 0) is 0 Å². The molecule has 0 aliphatic heterocycles. The normalized spacial score (nSPS) is 11.4. The number of nitrogens with two attached hydrogens (primary N) is 1. The van der Waals surface area contributed by atoms with E-state index in [1.165, 1.54) is 0 Å². The Morgan fingerprint density at radius 3 is 2.70 bits per heavy atom. The van der Waals surface area contributed by atoms with Crippen molar-refractivity contribution in [1.82, 2.24) is 4.98 Å². The number of halogens is 1. The minimum absolute atomic E-state index is 0.0396. The Hall–Kier alpha value is -2.08. The van der Waals surface area contributed by atoms with Gasteiger partial charge in [0.25, 0.3) is 0 Å². The maximum atomic E-state index is 8.81. The van der Waals surface area contributed by atoms with Crippen LogP contribution in [0, 0.1) is 13.8 Å². The van der Waals surface area contributed by atoms with Crippen molar-refractivity contribution in [2.45, 2.75) is 13.8 Å². The average Bonchev–Trinajstić information content (AvgIpc) is 2.41. The molecule has 0 unspecified atom stereocenters. The molecule has 0 fully saturated rings. The van der Waals surface area contributed by atoms with Crippen LogP contribution in [0.3, 0.4) is 0 Å². The zero-order chi connectivity index (χ0) is 14.7. The molecule has 0 radical (unpaired) electrons. The van der Waals surface area contributed by atoms with E-state index in [9.17, 15) is 0 Å². The number of nitrogens with zero attached hydrogens (tertiary/aromatic N) is 2. The lowest BCUT2D eigenvalue weighted by Crippen LogP contribution is -2.15. The molecule has 0 bridgehead atoms. The third-order valence-corrected chi connectivity index (χ3v) is 3.22.